The van der Waals surface area contributed by atoms with Gasteiger partial charge < -0.3 is 10.1 Å². The molecule has 0 radical (unpaired) electrons. The van der Waals surface area contributed by atoms with Gasteiger partial charge in [0.15, 0.2) is 0 Å². The Kier molecular flexibility index (Phi) is 5.03. The number of unbranched alkanes of at least 4 members (excludes halogenated alkanes) is 1. The number of ether oxygens (including phenoxy) is 1. The van der Waals surface area contributed by atoms with E-state index < -0.39 is 0 Å². The molecule has 0 aromatic heterocycles. The molecule has 2 heteroatoms. The fourth-order valence-electron chi connectivity index (χ4n) is 2.27. The van der Waals surface area contributed by atoms with Crippen molar-refractivity contribution in [3.63, 3.8) is 0 Å². The summed E-state index contributed by atoms with van der Waals surface area (Å²) in [5, 5.41) is 5.94. The summed E-state index contributed by atoms with van der Waals surface area (Å²) < 4.78 is 5.25. The van der Waals surface area contributed by atoms with Crippen molar-refractivity contribution >= 4 is 10.8 Å². The Balaban J connectivity index is 2.09. The summed E-state index contributed by atoms with van der Waals surface area (Å²) in [4.78, 5) is 0. The van der Waals surface area contributed by atoms with Crippen molar-refractivity contribution in [2.24, 2.45) is 0 Å². The minimum Gasteiger partial charge on any atom is -0.497 e. The zero-order chi connectivity index (χ0) is 14.4. The molecule has 0 bridgehead atoms. The standard InChI is InChI=1S/C18H21NO/c1-4-5-6-11-19-14(2)15-7-8-17-13-18(20-3)10-9-16(17)12-15/h1,7-10,12-14,19H,5-6,11H2,2-3H3. The van der Waals surface area contributed by atoms with Gasteiger partial charge in [0.2, 0.25) is 0 Å². The number of methoxy groups -OCH3 is 1. The topological polar surface area (TPSA) is 21.3 Å². The van der Waals surface area contributed by atoms with Crippen molar-refractivity contribution < 1.29 is 4.74 Å². The molecule has 2 nitrogen and oxygen atoms in total. The summed E-state index contributed by atoms with van der Waals surface area (Å²) in [5.41, 5.74) is 1.29. The van der Waals surface area contributed by atoms with E-state index in [2.05, 4.69) is 48.5 Å². The van der Waals surface area contributed by atoms with Gasteiger partial charge in [-0.15, -0.1) is 12.3 Å². The average molecular weight is 267 g/mol. The van der Waals surface area contributed by atoms with Crippen molar-refractivity contribution in [1.82, 2.24) is 5.32 Å². The predicted octanol–water partition coefficient (Wildman–Crippen LogP) is 3.91. The molecule has 104 valence electrons. The molecule has 0 saturated carbocycles. The fourth-order valence-corrected chi connectivity index (χ4v) is 2.27. The lowest BCUT2D eigenvalue weighted by molar-refractivity contribution is 0.415. The summed E-state index contributed by atoms with van der Waals surface area (Å²) >= 11 is 0. The zero-order valence-corrected chi connectivity index (χ0v) is 12.1. The molecule has 0 heterocycles. The highest BCUT2D eigenvalue weighted by molar-refractivity contribution is 5.84. The Morgan fingerprint density at radius 1 is 1.20 bits per heavy atom. The largest absolute Gasteiger partial charge is 0.497 e. The molecular formula is C18H21NO. The lowest BCUT2D eigenvalue weighted by Gasteiger charge is -2.15. The SMILES string of the molecule is C#CCCCNC(C)c1ccc2cc(OC)ccc2c1. The van der Waals surface area contributed by atoms with E-state index in [4.69, 9.17) is 11.2 Å². The molecule has 0 aliphatic carbocycles. The van der Waals surface area contributed by atoms with Gasteiger partial charge in [0.05, 0.1) is 7.11 Å². The fraction of sp³-hybridized carbons (Fsp3) is 0.333. The molecule has 1 N–H and O–H groups in total. The monoisotopic (exact) mass is 267 g/mol. The molecular weight excluding hydrogens is 246 g/mol. The van der Waals surface area contributed by atoms with Crippen LogP contribution in [-0.4, -0.2) is 13.7 Å². The lowest BCUT2D eigenvalue weighted by Crippen LogP contribution is -2.19. The number of hydrogen-bond acceptors (Lipinski definition) is 2. The maximum atomic E-state index is 5.25. The normalized spacial score (nSPS) is 12.1. The van der Waals surface area contributed by atoms with E-state index in [1.165, 1.54) is 16.3 Å². The van der Waals surface area contributed by atoms with Crippen molar-refractivity contribution in [3.8, 4) is 18.1 Å². The number of rotatable bonds is 6. The van der Waals surface area contributed by atoms with Crippen LogP contribution in [0.3, 0.4) is 0 Å². The van der Waals surface area contributed by atoms with Gasteiger partial charge in [0, 0.05) is 12.5 Å². The quantitative estimate of drug-likeness (QED) is 0.633. The van der Waals surface area contributed by atoms with Crippen LogP contribution < -0.4 is 10.1 Å². The predicted molar refractivity (Wildman–Crippen MR) is 85.0 cm³/mol. The maximum absolute atomic E-state index is 5.25. The first kappa shape index (κ1) is 14.4. The third kappa shape index (κ3) is 3.53. The lowest BCUT2D eigenvalue weighted by atomic mass is 10.0. The molecule has 0 saturated heterocycles. The molecule has 0 fully saturated rings. The second-order valence-electron chi connectivity index (χ2n) is 4.96. The Hall–Kier alpha value is -1.98. The van der Waals surface area contributed by atoms with E-state index in [0.717, 1.165) is 25.1 Å². The first-order chi connectivity index (χ1) is 9.74. The summed E-state index contributed by atoms with van der Waals surface area (Å²) in [5.74, 6) is 3.56. The average Bonchev–Trinajstić information content (AvgIpc) is 2.50. The van der Waals surface area contributed by atoms with E-state index in [-0.39, 0.29) is 0 Å². The Morgan fingerprint density at radius 3 is 2.70 bits per heavy atom. The highest BCUT2D eigenvalue weighted by atomic mass is 16.5. The molecule has 2 aromatic rings. The smallest absolute Gasteiger partial charge is 0.119 e. The van der Waals surface area contributed by atoms with Gasteiger partial charge in [-0.3, -0.25) is 0 Å². The second kappa shape index (κ2) is 6.98. The van der Waals surface area contributed by atoms with E-state index in [9.17, 15) is 0 Å². The molecule has 0 aliphatic heterocycles. The van der Waals surface area contributed by atoms with Crippen LogP contribution in [0.2, 0.25) is 0 Å². The summed E-state index contributed by atoms with van der Waals surface area (Å²) in [6.45, 7) is 3.13. The Bertz CT molecular complexity index is 612. The van der Waals surface area contributed by atoms with Gasteiger partial charge in [-0.05, 0) is 54.4 Å². The molecule has 0 amide bonds. The van der Waals surface area contributed by atoms with E-state index in [1.54, 1.807) is 7.11 Å². The summed E-state index contributed by atoms with van der Waals surface area (Å²) in [6.07, 6.45) is 7.10. The van der Waals surface area contributed by atoms with E-state index in [0.29, 0.717) is 6.04 Å². The van der Waals surface area contributed by atoms with Gasteiger partial charge in [0.25, 0.3) is 0 Å². The second-order valence-corrected chi connectivity index (χ2v) is 4.96. The molecule has 0 aliphatic rings. The third-order valence-electron chi connectivity index (χ3n) is 3.52. The number of terminal acetylenes is 1. The van der Waals surface area contributed by atoms with Crippen LogP contribution in [-0.2, 0) is 0 Å². The molecule has 2 aromatic carbocycles. The Labute approximate surface area is 121 Å². The van der Waals surface area contributed by atoms with Crippen LogP contribution in [0.1, 0.15) is 31.4 Å². The molecule has 2 rings (SSSR count). The first-order valence-corrected chi connectivity index (χ1v) is 6.99. The molecule has 1 atom stereocenters. The Morgan fingerprint density at radius 2 is 1.95 bits per heavy atom. The van der Waals surface area contributed by atoms with Crippen LogP contribution in [0, 0.1) is 12.3 Å². The van der Waals surface area contributed by atoms with Crippen molar-refractivity contribution in [2.75, 3.05) is 13.7 Å². The van der Waals surface area contributed by atoms with Crippen molar-refractivity contribution in [2.45, 2.75) is 25.8 Å². The minimum absolute atomic E-state index is 0.333. The minimum atomic E-state index is 0.333. The first-order valence-electron chi connectivity index (χ1n) is 6.99. The number of nitrogens with one attached hydrogen (secondary N) is 1. The van der Waals surface area contributed by atoms with Crippen molar-refractivity contribution in [1.29, 1.82) is 0 Å². The van der Waals surface area contributed by atoms with Gasteiger partial charge in [-0.1, -0.05) is 18.2 Å². The van der Waals surface area contributed by atoms with E-state index in [1.807, 2.05) is 6.07 Å². The van der Waals surface area contributed by atoms with Crippen LogP contribution in [0.4, 0.5) is 0 Å². The highest BCUT2D eigenvalue weighted by Gasteiger charge is 2.05. The third-order valence-corrected chi connectivity index (χ3v) is 3.52. The van der Waals surface area contributed by atoms with Gasteiger partial charge in [0.1, 0.15) is 5.75 Å². The summed E-state index contributed by atoms with van der Waals surface area (Å²) in [7, 11) is 1.69. The van der Waals surface area contributed by atoms with Crippen LogP contribution in [0.25, 0.3) is 10.8 Å². The molecule has 0 spiro atoms. The highest BCUT2D eigenvalue weighted by Crippen LogP contribution is 2.24. The number of hydrogen-bond donors (Lipinski definition) is 1. The van der Waals surface area contributed by atoms with Gasteiger partial charge in [-0.25, -0.2) is 0 Å². The summed E-state index contributed by atoms with van der Waals surface area (Å²) in [6, 6.07) is 13.0. The van der Waals surface area contributed by atoms with Crippen LogP contribution >= 0.6 is 0 Å². The van der Waals surface area contributed by atoms with Crippen LogP contribution in [0.15, 0.2) is 36.4 Å². The van der Waals surface area contributed by atoms with Crippen molar-refractivity contribution in [3.05, 3.63) is 42.0 Å². The van der Waals surface area contributed by atoms with Crippen LogP contribution in [0.5, 0.6) is 5.75 Å². The molecule has 1 unspecified atom stereocenters. The van der Waals surface area contributed by atoms with Gasteiger partial charge >= 0.3 is 0 Å². The van der Waals surface area contributed by atoms with Gasteiger partial charge in [-0.2, -0.15) is 0 Å². The maximum Gasteiger partial charge on any atom is 0.119 e. The van der Waals surface area contributed by atoms with E-state index >= 15 is 0 Å². The number of benzene rings is 2. The number of fused-ring (bicyclic) bond motifs is 1. The molecule has 20 heavy (non-hydrogen) atoms. The zero-order valence-electron chi connectivity index (χ0n) is 12.1.